The zero-order valence-electron chi connectivity index (χ0n) is 14.1. The first-order chi connectivity index (χ1) is 12.0. The number of carbonyl (C=O) groups excluding carboxylic acids is 2. The third kappa shape index (κ3) is 4.20. The lowest BCUT2D eigenvalue weighted by atomic mass is 10.1. The highest BCUT2D eigenvalue weighted by atomic mass is 16.2. The third-order valence-electron chi connectivity index (χ3n) is 3.65. The van der Waals surface area contributed by atoms with Crippen LogP contribution in [0.25, 0.3) is 5.65 Å². The Hall–Kier alpha value is -3.22. The largest absolute Gasteiger partial charge is 0.326 e. The van der Waals surface area contributed by atoms with Gasteiger partial charge in [-0.15, -0.1) is 10.2 Å². The summed E-state index contributed by atoms with van der Waals surface area (Å²) in [7, 11) is 0. The van der Waals surface area contributed by atoms with Gasteiger partial charge in [0.1, 0.15) is 0 Å². The molecule has 128 valence electrons. The van der Waals surface area contributed by atoms with E-state index in [0.29, 0.717) is 11.6 Å². The van der Waals surface area contributed by atoms with Crippen LogP contribution in [-0.2, 0) is 9.59 Å². The quantitative estimate of drug-likeness (QED) is 0.749. The van der Waals surface area contributed by atoms with Crippen molar-refractivity contribution in [2.45, 2.75) is 26.7 Å². The molecule has 3 aromatic rings. The van der Waals surface area contributed by atoms with Gasteiger partial charge in [-0.05, 0) is 49.2 Å². The fourth-order valence-electron chi connectivity index (χ4n) is 2.61. The summed E-state index contributed by atoms with van der Waals surface area (Å²) in [6, 6.07) is 11.3. The van der Waals surface area contributed by atoms with E-state index in [9.17, 15) is 9.59 Å². The number of aryl methyl sites for hydroxylation is 2. The number of carbonyl (C=O) groups is 2. The Balaban J connectivity index is 1.54. The number of fused-ring (bicyclic) bond motifs is 1. The molecule has 0 radical (unpaired) electrons. The van der Waals surface area contributed by atoms with Gasteiger partial charge in [0.25, 0.3) is 0 Å². The Morgan fingerprint density at radius 3 is 2.36 bits per heavy atom. The zero-order chi connectivity index (χ0) is 17.8. The number of aromatic nitrogens is 3. The molecular weight excluding hydrogens is 318 g/mol. The molecule has 0 atom stereocenters. The van der Waals surface area contributed by atoms with Crippen molar-refractivity contribution in [3.63, 3.8) is 0 Å². The molecular formula is C18H19N5O2. The van der Waals surface area contributed by atoms with Crippen LogP contribution in [0.3, 0.4) is 0 Å². The van der Waals surface area contributed by atoms with Crippen molar-refractivity contribution in [2.24, 2.45) is 0 Å². The van der Waals surface area contributed by atoms with Crippen LogP contribution in [0.5, 0.6) is 0 Å². The number of pyridine rings is 1. The van der Waals surface area contributed by atoms with E-state index < -0.39 is 0 Å². The van der Waals surface area contributed by atoms with Crippen molar-refractivity contribution in [1.82, 2.24) is 14.6 Å². The van der Waals surface area contributed by atoms with E-state index in [4.69, 9.17) is 0 Å². The summed E-state index contributed by atoms with van der Waals surface area (Å²) in [6.45, 7) is 3.94. The van der Waals surface area contributed by atoms with Crippen LogP contribution in [0.2, 0.25) is 0 Å². The number of nitrogens with zero attached hydrogens (tertiary/aromatic N) is 3. The van der Waals surface area contributed by atoms with Crippen LogP contribution in [0.4, 0.5) is 11.6 Å². The molecule has 0 fully saturated rings. The van der Waals surface area contributed by atoms with Gasteiger partial charge in [0.05, 0.1) is 0 Å². The average molecular weight is 337 g/mol. The highest BCUT2D eigenvalue weighted by Crippen LogP contribution is 2.14. The fourth-order valence-corrected chi connectivity index (χ4v) is 2.61. The summed E-state index contributed by atoms with van der Waals surface area (Å²) < 4.78 is 1.67. The minimum absolute atomic E-state index is 0.0678. The van der Waals surface area contributed by atoms with Crippen molar-refractivity contribution in [3.05, 3.63) is 53.7 Å². The van der Waals surface area contributed by atoms with Crippen LogP contribution >= 0.6 is 0 Å². The van der Waals surface area contributed by atoms with Crippen molar-refractivity contribution < 1.29 is 9.59 Å². The Bertz CT molecular complexity index is 912. The van der Waals surface area contributed by atoms with Crippen molar-refractivity contribution in [3.8, 4) is 0 Å². The molecule has 0 aliphatic heterocycles. The smallest absolute Gasteiger partial charge is 0.235 e. The monoisotopic (exact) mass is 337 g/mol. The summed E-state index contributed by atoms with van der Waals surface area (Å²) in [4.78, 5) is 24.1. The molecule has 3 rings (SSSR count). The number of hydrogen-bond acceptors (Lipinski definition) is 4. The standard InChI is InChI=1S/C18H19N5O2/c1-12-9-13(2)11-14(10-12)19-16(24)6-7-17(25)20-18-22-21-15-5-3-4-8-23(15)18/h3-5,8-11H,6-7H2,1-2H3,(H,19,24)(H,20,22,25). The van der Waals surface area contributed by atoms with Gasteiger partial charge in [0.2, 0.25) is 17.8 Å². The molecule has 25 heavy (non-hydrogen) atoms. The first-order valence-corrected chi connectivity index (χ1v) is 7.99. The number of nitrogens with one attached hydrogen (secondary N) is 2. The lowest BCUT2D eigenvalue weighted by Crippen LogP contribution is -2.18. The van der Waals surface area contributed by atoms with Gasteiger partial charge >= 0.3 is 0 Å². The topological polar surface area (TPSA) is 88.4 Å². The number of hydrogen-bond donors (Lipinski definition) is 2. The van der Waals surface area contributed by atoms with E-state index in [1.54, 1.807) is 16.7 Å². The highest BCUT2D eigenvalue weighted by Gasteiger charge is 2.11. The maximum Gasteiger partial charge on any atom is 0.235 e. The second kappa shape index (κ2) is 7.12. The molecule has 0 saturated carbocycles. The van der Waals surface area contributed by atoms with Gasteiger partial charge in [-0.2, -0.15) is 0 Å². The van der Waals surface area contributed by atoms with Gasteiger partial charge < -0.3 is 5.32 Å². The van der Waals surface area contributed by atoms with Crippen LogP contribution < -0.4 is 10.6 Å². The highest BCUT2D eigenvalue weighted by molar-refractivity contribution is 5.96. The van der Waals surface area contributed by atoms with Gasteiger partial charge in [0, 0.05) is 24.7 Å². The molecule has 7 heteroatoms. The van der Waals surface area contributed by atoms with Gasteiger partial charge in [0.15, 0.2) is 5.65 Å². The number of anilines is 2. The second-order valence-corrected chi connectivity index (χ2v) is 5.93. The molecule has 0 aliphatic carbocycles. The maximum atomic E-state index is 12.0. The van der Waals surface area contributed by atoms with Crippen LogP contribution in [-0.4, -0.2) is 26.4 Å². The van der Waals surface area contributed by atoms with E-state index >= 15 is 0 Å². The molecule has 0 saturated heterocycles. The number of amides is 2. The molecule has 1 aromatic carbocycles. The number of rotatable bonds is 5. The van der Waals surface area contributed by atoms with E-state index in [0.717, 1.165) is 16.8 Å². The Morgan fingerprint density at radius 2 is 1.64 bits per heavy atom. The molecule has 2 N–H and O–H groups in total. The molecule has 2 aromatic heterocycles. The van der Waals surface area contributed by atoms with E-state index in [2.05, 4.69) is 20.8 Å². The SMILES string of the molecule is Cc1cc(C)cc(NC(=O)CCC(=O)Nc2nnc3ccccn23)c1. The van der Waals surface area contributed by atoms with Gasteiger partial charge in [-0.1, -0.05) is 12.1 Å². The van der Waals surface area contributed by atoms with E-state index in [1.807, 2.05) is 44.2 Å². The van der Waals surface area contributed by atoms with Crippen LogP contribution in [0.15, 0.2) is 42.6 Å². The molecule has 0 bridgehead atoms. The summed E-state index contributed by atoms with van der Waals surface area (Å²) in [5, 5.41) is 13.4. The second-order valence-electron chi connectivity index (χ2n) is 5.93. The molecule has 7 nitrogen and oxygen atoms in total. The van der Waals surface area contributed by atoms with Crippen molar-refractivity contribution in [2.75, 3.05) is 10.6 Å². The molecule has 0 aliphatic rings. The predicted molar refractivity (Wildman–Crippen MR) is 95.4 cm³/mol. The maximum absolute atomic E-state index is 12.0. The van der Waals surface area contributed by atoms with Gasteiger partial charge in [-0.25, -0.2) is 0 Å². The van der Waals surface area contributed by atoms with Crippen LogP contribution in [0.1, 0.15) is 24.0 Å². The molecule has 0 unspecified atom stereocenters. The van der Waals surface area contributed by atoms with Gasteiger partial charge in [-0.3, -0.25) is 19.3 Å². The zero-order valence-corrected chi connectivity index (χ0v) is 14.1. The van der Waals surface area contributed by atoms with Crippen molar-refractivity contribution >= 4 is 29.1 Å². The predicted octanol–water partition coefficient (Wildman–Crippen LogP) is 2.70. The summed E-state index contributed by atoms with van der Waals surface area (Å²) in [5.74, 6) is -0.143. The first kappa shape index (κ1) is 16.6. The van der Waals surface area contributed by atoms with Crippen molar-refractivity contribution in [1.29, 1.82) is 0 Å². The third-order valence-corrected chi connectivity index (χ3v) is 3.65. The Morgan fingerprint density at radius 1 is 0.960 bits per heavy atom. The van der Waals surface area contributed by atoms with E-state index in [1.165, 1.54) is 0 Å². The van der Waals surface area contributed by atoms with E-state index in [-0.39, 0.29) is 24.7 Å². The lowest BCUT2D eigenvalue weighted by Gasteiger charge is -2.07. The summed E-state index contributed by atoms with van der Waals surface area (Å²) in [6.07, 6.45) is 1.92. The fraction of sp³-hybridized carbons (Fsp3) is 0.222. The summed E-state index contributed by atoms with van der Waals surface area (Å²) in [5.41, 5.74) is 3.54. The molecule has 2 heterocycles. The summed E-state index contributed by atoms with van der Waals surface area (Å²) >= 11 is 0. The Labute approximate surface area is 145 Å². The van der Waals surface area contributed by atoms with Crippen LogP contribution in [0, 0.1) is 13.8 Å². The number of benzene rings is 1. The minimum Gasteiger partial charge on any atom is -0.326 e. The minimum atomic E-state index is -0.284. The Kier molecular flexibility index (Phi) is 4.74. The lowest BCUT2D eigenvalue weighted by molar-refractivity contribution is -0.121. The first-order valence-electron chi connectivity index (χ1n) is 7.99. The molecule has 0 spiro atoms. The normalized spacial score (nSPS) is 10.6. The molecule has 2 amide bonds. The average Bonchev–Trinajstić information content (AvgIpc) is 2.95.